The molecule has 4 atom stereocenters. The molecule has 4 heteroatoms. The Bertz CT molecular complexity index is 443. The van der Waals surface area contributed by atoms with Crippen molar-refractivity contribution in [1.29, 1.82) is 0 Å². The van der Waals surface area contributed by atoms with Crippen molar-refractivity contribution in [3.63, 3.8) is 0 Å². The zero-order valence-corrected chi connectivity index (χ0v) is 17.7. The lowest BCUT2D eigenvalue weighted by Gasteiger charge is -2.61. The van der Waals surface area contributed by atoms with Crippen LogP contribution in [-0.2, 0) is 0 Å². The van der Waals surface area contributed by atoms with Gasteiger partial charge in [0.05, 0.1) is 12.2 Å². The molecule has 0 radical (unpaired) electrons. The van der Waals surface area contributed by atoms with E-state index in [2.05, 4.69) is 9.80 Å². The normalized spacial score (nSPS) is 44.8. The molecule has 2 N–H and O–H groups in total. The average Bonchev–Trinajstić information content (AvgIpc) is 2.74. The second-order valence-corrected chi connectivity index (χ2v) is 10.7. The van der Waals surface area contributed by atoms with Crippen molar-refractivity contribution in [2.24, 2.45) is 23.7 Å². The third-order valence-electron chi connectivity index (χ3n) is 9.35. The number of aliphatic hydroxyl groups excluding tert-OH is 2. The van der Waals surface area contributed by atoms with Gasteiger partial charge in [0.1, 0.15) is 0 Å². The molecule has 0 aromatic rings. The summed E-state index contributed by atoms with van der Waals surface area (Å²) in [6, 6.07) is 1.57. The van der Waals surface area contributed by atoms with E-state index in [0.717, 1.165) is 87.6 Å². The average molecular weight is 391 g/mol. The molecular weight excluding hydrogens is 348 g/mol. The van der Waals surface area contributed by atoms with E-state index >= 15 is 0 Å². The van der Waals surface area contributed by atoms with Crippen LogP contribution in [0.1, 0.15) is 77.0 Å². The van der Waals surface area contributed by atoms with E-state index in [4.69, 9.17) is 0 Å². The maximum atomic E-state index is 10.1. The van der Waals surface area contributed by atoms with Gasteiger partial charge in [0.25, 0.3) is 0 Å². The van der Waals surface area contributed by atoms with Crippen LogP contribution in [0.2, 0.25) is 0 Å². The predicted octanol–water partition coefficient (Wildman–Crippen LogP) is 3.26. The van der Waals surface area contributed by atoms with Gasteiger partial charge in [0.2, 0.25) is 0 Å². The number of fused-ring (bicyclic) bond motifs is 2. The number of piperidine rings is 2. The molecule has 160 valence electrons. The van der Waals surface area contributed by atoms with Crippen LogP contribution < -0.4 is 0 Å². The van der Waals surface area contributed by atoms with Gasteiger partial charge in [-0.25, -0.2) is 0 Å². The molecule has 2 aliphatic heterocycles. The number of rotatable bonds is 2. The van der Waals surface area contributed by atoms with Crippen molar-refractivity contribution in [2.45, 2.75) is 101 Å². The first-order valence-electron chi connectivity index (χ1n) is 12.6. The second-order valence-electron chi connectivity index (χ2n) is 10.7. The number of nitrogens with zero attached hydrogens (tertiary/aromatic N) is 2. The Morgan fingerprint density at radius 3 is 1.00 bits per heavy atom. The van der Waals surface area contributed by atoms with Crippen LogP contribution in [0, 0.1) is 23.7 Å². The molecule has 0 amide bonds. The Morgan fingerprint density at radius 1 is 0.429 bits per heavy atom. The van der Waals surface area contributed by atoms with Gasteiger partial charge >= 0.3 is 0 Å². The summed E-state index contributed by atoms with van der Waals surface area (Å²) in [5.41, 5.74) is 0. The van der Waals surface area contributed by atoms with E-state index in [1.165, 1.54) is 51.4 Å². The standard InChI is InChI=1S/C24H42N2O2/c27-17-9-13-25(14-10-17)23-19-5-1-2-6-20(19)24(22-8-4-3-7-21(22)23)26-15-11-18(28)12-16-26/h17-24,27-28H,1-16H2. The van der Waals surface area contributed by atoms with E-state index in [1.807, 2.05) is 0 Å². The van der Waals surface area contributed by atoms with E-state index in [1.54, 1.807) is 0 Å². The molecule has 28 heavy (non-hydrogen) atoms. The lowest BCUT2D eigenvalue weighted by atomic mass is 9.54. The first kappa shape index (κ1) is 19.8. The molecule has 4 nitrogen and oxygen atoms in total. The molecule has 2 saturated heterocycles. The van der Waals surface area contributed by atoms with Crippen LogP contribution in [0.4, 0.5) is 0 Å². The summed E-state index contributed by atoms with van der Waals surface area (Å²) in [5.74, 6) is 3.50. The smallest absolute Gasteiger partial charge is 0.0564 e. The van der Waals surface area contributed by atoms with E-state index < -0.39 is 0 Å². The molecule has 0 aromatic carbocycles. The highest BCUT2D eigenvalue weighted by Gasteiger charge is 2.54. The summed E-state index contributed by atoms with van der Waals surface area (Å²) in [6.45, 7) is 4.50. The lowest BCUT2D eigenvalue weighted by Crippen LogP contribution is -2.65. The number of likely N-dealkylation sites (tertiary alicyclic amines) is 2. The summed E-state index contributed by atoms with van der Waals surface area (Å²) in [6.07, 6.45) is 15.3. The fourth-order valence-electron chi connectivity index (χ4n) is 8.16. The minimum Gasteiger partial charge on any atom is -0.393 e. The summed E-state index contributed by atoms with van der Waals surface area (Å²) in [5, 5.41) is 20.1. The van der Waals surface area contributed by atoms with Crippen LogP contribution >= 0.6 is 0 Å². The molecule has 5 aliphatic rings. The Labute approximate surface area is 171 Å². The van der Waals surface area contributed by atoms with Crippen LogP contribution in [0.15, 0.2) is 0 Å². The Morgan fingerprint density at radius 2 is 0.714 bits per heavy atom. The first-order chi connectivity index (χ1) is 13.7. The fourth-order valence-corrected chi connectivity index (χ4v) is 8.16. The van der Waals surface area contributed by atoms with Crippen molar-refractivity contribution < 1.29 is 10.2 Å². The van der Waals surface area contributed by atoms with Gasteiger partial charge in [0, 0.05) is 38.3 Å². The summed E-state index contributed by atoms with van der Waals surface area (Å²) >= 11 is 0. The van der Waals surface area contributed by atoms with E-state index in [0.29, 0.717) is 0 Å². The van der Waals surface area contributed by atoms with Gasteiger partial charge < -0.3 is 10.2 Å². The van der Waals surface area contributed by atoms with Crippen molar-refractivity contribution in [3.8, 4) is 0 Å². The molecule has 3 aliphatic carbocycles. The Balaban J connectivity index is 1.43. The van der Waals surface area contributed by atoms with Gasteiger partial charge in [-0.2, -0.15) is 0 Å². The number of hydrogen-bond acceptors (Lipinski definition) is 4. The van der Waals surface area contributed by atoms with Gasteiger partial charge in [-0.3, -0.25) is 9.80 Å². The third kappa shape index (κ3) is 3.68. The molecule has 0 aromatic heterocycles. The molecule has 4 unspecified atom stereocenters. The largest absolute Gasteiger partial charge is 0.393 e. The zero-order valence-electron chi connectivity index (χ0n) is 17.7. The minimum absolute atomic E-state index is 0.0586. The maximum absolute atomic E-state index is 10.1. The van der Waals surface area contributed by atoms with E-state index in [9.17, 15) is 10.2 Å². The fraction of sp³-hybridized carbons (Fsp3) is 1.00. The Kier molecular flexibility index (Phi) is 6.03. The predicted molar refractivity (Wildman–Crippen MR) is 112 cm³/mol. The van der Waals surface area contributed by atoms with Crippen LogP contribution in [0.25, 0.3) is 0 Å². The van der Waals surface area contributed by atoms with Crippen molar-refractivity contribution >= 4 is 0 Å². The molecule has 5 rings (SSSR count). The summed E-state index contributed by atoms with van der Waals surface area (Å²) in [7, 11) is 0. The molecule has 5 fully saturated rings. The van der Waals surface area contributed by atoms with Crippen LogP contribution in [0.5, 0.6) is 0 Å². The zero-order chi connectivity index (χ0) is 19.1. The second kappa shape index (κ2) is 8.53. The third-order valence-corrected chi connectivity index (χ3v) is 9.35. The van der Waals surface area contributed by atoms with Crippen molar-refractivity contribution in [1.82, 2.24) is 9.80 Å². The molecule has 0 spiro atoms. The molecule has 3 saturated carbocycles. The highest BCUT2D eigenvalue weighted by molar-refractivity contribution is 5.07. The topological polar surface area (TPSA) is 46.9 Å². The maximum Gasteiger partial charge on any atom is 0.0564 e. The summed E-state index contributed by atoms with van der Waals surface area (Å²) in [4.78, 5) is 5.68. The van der Waals surface area contributed by atoms with Crippen molar-refractivity contribution in [3.05, 3.63) is 0 Å². The Hall–Kier alpha value is -0.160. The SMILES string of the molecule is OC1CCN(C2C3CCCCC3C(N3CCC(O)CC3)C3CCCCC32)CC1. The highest BCUT2D eigenvalue weighted by atomic mass is 16.3. The molecule has 2 heterocycles. The van der Waals surface area contributed by atoms with Gasteiger partial charge in [0.15, 0.2) is 0 Å². The highest BCUT2D eigenvalue weighted by Crippen LogP contribution is 2.54. The minimum atomic E-state index is -0.0586. The monoisotopic (exact) mass is 390 g/mol. The molecular formula is C24H42N2O2. The van der Waals surface area contributed by atoms with Crippen LogP contribution in [0.3, 0.4) is 0 Å². The summed E-state index contributed by atoms with van der Waals surface area (Å²) < 4.78 is 0. The number of aliphatic hydroxyl groups is 2. The first-order valence-corrected chi connectivity index (χ1v) is 12.6. The van der Waals surface area contributed by atoms with Gasteiger partial charge in [-0.1, -0.05) is 25.7 Å². The number of hydrogen-bond donors (Lipinski definition) is 2. The quantitative estimate of drug-likeness (QED) is 0.760. The van der Waals surface area contributed by atoms with Crippen molar-refractivity contribution in [2.75, 3.05) is 26.2 Å². The van der Waals surface area contributed by atoms with Gasteiger partial charge in [-0.05, 0) is 75.0 Å². The van der Waals surface area contributed by atoms with Gasteiger partial charge in [-0.15, -0.1) is 0 Å². The van der Waals surface area contributed by atoms with E-state index in [-0.39, 0.29) is 12.2 Å². The van der Waals surface area contributed by atoms with Crippen LogP contribution in [-0.4, -0.2) is 70.5 Å². The molecule has 0 bridgehead atoms. The lowest BCUT2D eigenvalue weighted by molar-refractivity contribution is -0.117.